The predicted octanol–water partition coefficient (Wildman–Crippen LogP) is 3.10. The molecule has 6 nitrogen and oxygen atoms in total. The summed E-state index contributed by atoms with van der Waals surface area (Å²) >= 11 is 0. The van der Waals surface area contributed by atoms with Crippen LogP contribution in [0.4, 0.5) is 5.82 Å². The summed E-state index contributed by atoms with van der Waals surface area (Å²) in [5.74, 6) is 1.93. The molecule has 0 aliphatic heterocycles. The SMILES string of the molecule is CN(C)c1cc(C(N)=O)nc(-c2ccc(Oc3ccccc3)cc2)n1. The van der Waals surface area contributed by atoms with Gasteiger partial charge in [-0.05, 0) is 36.4 Å². The van der Waals surface area contributed by atoms with E-state index in [-0.39, 0.29) is 5.69 Å². The average Bonchev–Trinajstić information content (AvgIpc) is 2.62. The molecule has 0 atom stereocenters. The van der Waals surface area contributed by atoms with Crippen LogP contribution in [-0.2, 0) is 0 Å². The molecule has 1 aromatic heterocycles. The van der Waals surface area contributed by atoms with Gasteiger partial charge in [-0.15, -0.1) is 0 Å². The third-order valence-corrected chi connectivity index (χ3v) is 3.51. The molecule has 2 aromatic carbocycles. The molecule has 25 heavy (non-hydrogen) atoms. The molecule has 0 saturated carbocycles. The molecule has 0 saturated heterocycles. The van der Waals surface area contributed by atoms with E-state index in [0.717, 1.165) is 11.3 Å². The number of nitrogens with two attached hydrogens (primary N) is 1. The monoisotopic (exact) mass is 334 g/mol. The number of carbonyl (C=O) groups is 1. The lowest BCUT2D eigenvalue weighted by molar-refractivity contribution is 0.0995. The van der Waals surface area contributed by atoms with Crippen LogP contribution in [0.25, 0.3) is 11.4 Å². The summed E-state index contributed by atoms with van der Waals surface area (Å²) in [6.45, 7) is 0. The first-order valence-corrected chi connectivity index (χ1v) is 7.72. The smallest absolute Gasteiger partial charge is 0.267 e. The van der Waals surface area contributed by atoms with Crippen LogP contribution in [0.5, 0.6) is 11.5 Å². The molecular weight excluding hydrogens is 316 g/mol. The highest BCUT2D eigenvalue weighted by molar-refractivity contribution is 5.92. The van der Waals surface area contributed by atoms with Crippen molar-refractivity contribution in [1.82, 2.24) is 9.97 Å². The third kappa shape index (κ3) is 3.92. The summed E-state index contributed by atoms with van der Waals surface area (Å²) in [6.07, 6.45) is 0. The van der Waals surface area contributed by atoms with Crippen molar-refractivity contribution < 1.29 is 9.53 Å². The van der Waals surface area contributed by atoms with E-state index in [9.17, 15) is 4.79 Å². The largest absolute Gasteiger partial charge is 0.457 e. The Kier molecular flexibility index (Phi) is 4.61. The Morgan fingerprint density at radius 3 is 2.20 bits per heavy atom. The van der Waals surface area contributed by atoms with E-state index in [4.69, 9.17) is 10.5 Å². The lowest BCUT2D eigenvalue weighted by Gasteiger charge is -2.13. The Balaban J connectivity index is 1.90. The van der Waals surface area contributed by atoms with Gasteiger partial charge in [-0.1, -0.05) is 18.2 Å². The van der Waals surface area contributed by atoms with Crippen molar-refractivity contribution in [3.8, 4) is 22.9 Å². The first-order chi connectivity index (χ1) is 12.0. The fourth-order valence-electron chi connectivity index (χ4n) is 2.22. The van der Waals surface area contributed by atoms with E-state index in [0.29, 0.717) is 17.4 Å². The number of benzene rings is 2. The molecule has 126 valence electrons. The minimum absolute atomic E-state index is 0.179. The van der Waals surface area contributed by atoms with Gasteiger partial charge in [0.1, 0.15) is 23.0 Å². The van der Waals surface area contributed by atoms with Crippen molar-refractivity contribution in [3.63, 3.8) is 0 Å². The van der Waals surface area contributed by atoms with Crippen molar-refractivity contribution in [2.24, 2.45) is 5.73 Å². The average molecular weight is 334 g/mol. The van der Waals surface area contributed by atoms with E-state index in [1.807, 2.05) is 68.7 Å². The van der Waals surface area contributed by atoms with Crippen LogP contribution >= 0.6 is 0 Å². The van der Waals surface area contributed by atoms with Crippen molar-refractivity contribution in [2.45, 2.75) is 0 Å². The summed E-state index contributed by atoms with van der Waals surface area (Å²) in [5.41, 5.74) is 6.32. The summed E-state index contributed by atoms with van der Waals surface area (Å²) < 4.78 is 5.77. The molecule has 6 heteroatoms. The summed E-state index contributed by atoms with van der Waals surface area (Å²) in [4.78, 5) is 22.0. The molecule has 0 spiro atoms. The van der Waals surface area contributed by atoms with Gasteiger partial charge in [0.15, 0.2) is 5.82 Å². The van der Waals surface area contributed by atoms with Crippen LogP contribution in [0.15, 0.2) is 60.7 Å². The quantitative estimate of drug-likeness (QED) is 0.775. The molecule has 0 aliphatic carbocycles. The molecule has 0 radical (unpaired) electrons. The normalized spacial score (nSPS) is 10.3. The van der Waals surface area contributed by atoms with Crippen LogP contribution < -0.4 is 15.4 Å². The highest BCUT2D eigenvalue weighted by Crippen LogP contribution is 2.25. The first-order valence-electron chi connectivity index (χ1n) is 7.72. The second kappa shape index (κ2) is 7.00. The number of ether oxygens (including phenoxy) is 1. The van der Waals surface area contributed by atoms with Gasteiger partial charge < -0.3 is 15.4 Å². The number of primary amides is 1. The Labute approximate surface area is 145 Å². The van der Waals surface area contributed by atoms with Crippen LogP contribution in [0.3, 0.4) is 0 Å². The second-order valence-electron chi connectivity index (χ2n) is 5.63. The summed E-state index contributed by atoms with van der Waals surface area (Å²) in [7, 11) is 3.68. The number of rotatable bonds is 5. The number of anilines is 1. The van der Waals surface area contributed by atoms with Gasteiger partial charge in [0.2, 0.25) is 0 Å². The van der Waals surface area contributed by atoms with Gasteiger partial charge in [-0.3, -0.25) is 4.79 Å². The lowest BCUT2D eigenvalue weighted by atomic mass is 10.2. The number of para-hydroxylation sites is 1. The molecule has 1 heterocycles. The predicted molar refractivity (Wildman–Crippen MR) is 96.8 cm³/mol. The van der Waals surface area contributed by atoms with Gasteiger partial charge in [0.25, 0.3) is 5.91 Å². The number of aromatic nitrogens is 2. The Morgan fingerprint density at radius 2 is 1.60 bits per heavy atom. The van der Waals surface area contributed by atoms with Crippen LogP contribution in [0.2, 0.25) is 0 Å². The maximum atomic E-state index is 11.5. The number of nitrogens with zero attached hydrogens (tertiary/aromatic N) is 3. The van der Waals surface area contributed by atoms with Crippen LogP contribution in [0.1, 0.15) is 10.5 Å². The maximum absolute atomic E-state index is 11.5. The number of hydrogen-bond acceptors (Lipinski definition) is 5. The third-order valence-electron chi connectivity index (χ3n) is 3.51. The zero-order chi connectivity index (χ0) is 17.8. The van der Waals surface area contributed by atoms with E-state index < -0.39 is 5.91 Å². The topological polar surface area (TPSA) is 81.3 Å². The highest BCUT2D eigenvalue weighted by atomic mass is 16.5. The molecule has 2 N–H and O–H groups in total. The minimum atomic E-state index is -0.587. The number of hydrogen-bond donors (Lipinski definition) is 1. The van der Waals surface area contributed by atoms with E-state index in [2.05, 4.69) is 9.97 Å². The Bertz CT molecular complexity index is 878. The van der Waals surface area contributed by atoms with Crippen LogP contribution in [0, 0.1) is 0 Å². The van der Waals surface area contributed by atoms with Gasteiger partial charge in [0.05, 0.1) is 0 Å². The van der Waals surface area contributed by atoms with Crippen molar-refractivity contribution >= 4 is 11.7 Å². The maximum Gasteiger partial charge on any atom is 0.267 e. The van der Waals surface area contributed by atoms with Gasteiger partial charge in [-0.25, -0.2) is 9.97 Å². The molecule has 3 aromatic rings. The molecule has 0 bridgehead atoms. The fourth-order valence-corrected chi connectivity index (χ4v) is 2.22. The lowest BCUT2D eigenvalue weighted by Crippen LogP contribution is -2.17. The summed E-state index contributed by atoms with van der Waals surface area (Å²) in [5, 5.41) is 0. The highest BCUT2D eigenvalue weighted by Gasteiger charge is 2.12. The van der Waals surface area contributed by atoms with Gasteiger partial charge in [-0.2, -0.15) is 0 Å². The number of amides is 1. The van der Waals surface area contributed by atoms with Crippen molar-refractivity contribution in [3.05, 3.63) is 66.4 Å². The molecule has 0 unspecified atom stereocenters. The van der Waals surface area contributed by atoms with E-state index in [1.165, 1.54) is 0 Å². The molecular formula is C19H18N4O2. The molecule has 1 amide bonds. The summed E-state index contributed by atoms with van der Waals surface area (Å²) in [6, 6.07) is 18.4. The zero-order valence-corrected chi connectivity index (χ0v) is 14.0. The second-order valence-corrected chi connectivity index (χ2v) is 5.63. The van der Waals surface area contributed by atoms with E-state index >= 15 is 0 Å². The van der Waals surface area contributed by atoms with Crippen molar-refractivity contribution in [1.29, 1.82) is 0 Å². The van der Waals surface area contributed by atoms with Crippen molar-refractivity contribution in [2.75, 3.05) is 19.0 Å². The van der Waals surface area contributed by atoms with Gasteiger partial charge in [0, 0.05) is 25.7 Å². The minimum Gasteiger partial charge on any atom is -0.457 e. The molecule has 0 fully saturated rings. The molecule has 3 rings (SSSR count). The Morgan fingerprint density at radius 1 is 0.960 bits per heavy atom. The zero-order valence-electron chi connectivity index (χ0n) is 14.0. The fraction of sp³-hybridized carbons (Fsp3) is 0.105. The molecule has 0 aliphatic rings. The Hall–Kier alpha value is -3.41. The first kappa shape index (κ1) is 16.4. The van der Waals surface area contributed by atoms with Gasteiger partial charge >= 0.3 is 0 Å². The number of carbonyl (C=O) groups excluding carboxylic acids is 1. The van der Waals surface area contributed by atoms with E-state index in [1.54, 1.807) is 11.0 Å². The van der Waals surface area contributed by atoms with Crippen LogP contribution in [-0.4, -0.2) is 30.0 Å². The standard InChI is InChI=1S/C19H18N4O2/c1-23(2)17-12-16(18(20)24)21-19(22-17)13-8-10-15(11-9-13)25-14-6-4-3-5-7-14/h3-12H,1-2H3,(H2,20,24).